The van der Waals surface area contributed by atoms with Crippen molar-refractivity contribution >= 4 is 17.0 Å². The number of aromatic amines is 1. The van der Waals surface area contributed by atoms with Crippen LogP contribution in [0.1, 0.15) is 44.8 Å². The van der Waals surface area contributed by atoms with E-state index in [0.717, 1.165) is 28.0 Å². The first-order chi connectivity index (χ1) is 12.5. The zero-order chi connectivity index (χ0) is 19.1. The Morgan fingerprint density at radius 3 is 2.77 bits per heavy atom. The van der Waals surface area contributed by atoms with E-state index in [2.05, 4.69) is 20.7 Å². The number of allylic oxidation sites excluding steroid dienone is 1. The lowest BCUT2D eigenvalue weighted by atomic mass is 10.1. The Hall–Kier alpha value is -1.80. The van der Waals surface area contributed by atoms with Crippen LogP contribution in [0.2, 0.25) is 0 Å². The number of nitrogens with one attached hydrogen (secondary N) is 2. The molecule has 0 bridgehead atoms. The minimum Gasteiger partial charge on any atom is -0.355 e. The van der Waals surface area contributed by atoms with Gasteiger partial charge in [-0.05, 0) is 46.8 Å². The van der Waals surface area contributed by atoms with Crippen molar-refractivity contribution in [3.05, 3.63) is 29.2 Å². The van der Waals surface area contributed by atoms with Gasteiger partial charge in [0.2, 0.25) is 0 Å². The molecule has 7 heteroatoms. The number of H-pyrrole nitrogens is 1. The molecule has 2 unspecified atom stereocenters. The van der Waals surface area contributed by atoms with Crippen LogP contribution in [0.4, 0.5) is 0 Å². The molecule has 0 saturated heterocycles. The van der Waals surface area contributed by atoms with Crippen molar-refractivity contribution in [1.82, 2.24) is 20.7 Å². The van der Waals surface area contributed by atoms with E-state index < -0.39 is 6.29 Å². The largest absolute Gasteiger partial charge is 0.355 e. The van der Waals surface area contributed by atoms with Crippen LogP contribution in [0.15, 0.2) is 12.1 Å². The van der Waals surface area contributed by atoms with E-state index in [1.807, 2.05) is 52.8 Å². The molecule has 2 heterocycles. The van der Waals surface area contributed by atoms with Crippen molar-refractivity contribution in [1.29, 1.82) is 0 Å². The van der Waals surface area contributed by atoms with E-state index in [0.29, 0.717) is 13.0 Å². The third-order valence-electron chi connectivity index (χ3n) is 4.25. The van der Waals surface area contributed by atoms with Crippen molar-refractivity contribution < 1.29 is 14.3 Å². The summed E-state index contributed by atoms with van der Waals surface area (Å²) >= 11 is 0. The predicted octanol–water partition coefficient (Wildman–Crippen LogP) is 3.15. The van der Waals surface area contributed by atoms with Crippen LogP contribution in [0.25, 0.3) is 17.0 Å². The molecule has 0 aliphatic rings. The molecule has 0 aliphatic heterocycles. The van der Waals surface area contributed by atoms with Gasteiger partial charge in [0, 0.05) is 24.6 Å². The minimum absolute atomic E-state index is 0.0416. The van der Waals surface area contributed by atoms with Crippen LogP contribution in [0.3, 0.4) is 0 Å². The summed E-state index contributed by atoms with van der Waals surface area (Å²) in [5, 5.41) is 8.46. The van der Waals surface area contributed by atoms with Crippen LogP contribution in [-0.2, 0) is 20.7 Å². The molecule has 0 radical (unpaired) electrons. The second-order valence-corrected chi connectivity index (χ2v) is 6.28. The molecule has 0 spiro atoms. The molecule has 26 heavy (non-hydrogen) atoms. The number of hydroxylamine groups is 1. The summed E-state index contributed by atoms with van der Waals surface area (Å²) in [6.07, 6.45) is 4.07. The molecule has 0 amide bonds. The lowest BCUT2D eigenvalue weighted by Crippen LogP contribution is -2.40. The normalized spacial score (nSPS) is 15.6. The van der Waals surface area contributed by atoms with Crippen LogP contribution in [0.5, 0.6) is 0 Å². The Morgan fingerprint density at radius 2 is 2.12 bits per heavy atom. The maximum Gasteiger partial charge on any atom is 0.163 e. The number of hydrogen-bond acceptors (Lipinski definition) is 6. The van der Waals surface area contributed by atoms with Gasteiger partial charge in [-0.15, -0.1) is 0 Å². The van der Waals surface area contributed by atoms with Crippen LogP contribution in [-0.4, -0.2) is 47.3 Å². The van der Waals surface area contributed by atoms with Gasteiger partial charge in [0.25, 0.3) is 0 Å². The summed E-state index contributed by atoms with van der Waals surface area (Å²) < 4.78 is 11.6. The third kappa shape index (κ3) is 5.11. The average molecular weight is 362 g/mol. The van der Waals surface area contributed by atoms with Crippen molar-refractivity contribution in [2.24, 2.45) is 0 Å². The Bertz CT molecular complexity index is 729. The fraction of sp³-hybridized carbons (Fsp3) is 0.579. The highest BCUT2D eigenvalue weighted by Gasteiger charge is 2.20. The molecule has 2 aromatic rings. The SMILES string of the molecule is C/C=C/c1[nH]nc2c(C)nc(CC(OC)OC(C)[C@@H](C)NOCC)cc12. The maximum absolute atomic E-state index is 6.03. The standard InChI is InChI=1S/C19H30N4O3/c1-7-9-17-16-10-15(20-13(4)19(16)22-21-17)11-18(24-6)26-14(5)12(3)23-25-8-2/h7,9-10,12,14,18,23H,8,11H2,1-6H3,(H,21,22)/b9-7+/t12-,14?,18?/m1/s1. The fourth-order valence-electron chi connectivity index (χ4n) is 2.68. The molecule has 3 atom stereocenters. The average Bonchev–Trinajstić information content (AvgIpc) is 3.02. The molecular formula is C19H30N4O3. The van der Waals surface area contributed by atoms with Crippen LogP contribution >= 0.6 is 0 Å². The number of hydrogen-bond donors (Lipinski definition) is 2. The van der Waals surface area contributed by atoms with Gasteiger partial charge in [0.15, 0.2) is 6.29 Å². The van der Waals surface area contributed by atoms with Crippen LogP contribution < -0.4 is 5.48 Å². The summed E-state index contributed by atoms with van der Waals surface area (Å²) in [4.78, 5) is 9.90. The van der Waals surface area contributed by atoms with Gasteiger partial charge in [0.05, 0.1) is 30.1 Å². The Balaban J connectivity index is 2.13. The molecule has 0 aliphatic carbocycles. The summed E-state index contributed by atoms with van der Waals surface area (Å²) in [5.74, 6) is 0. The van der Waals surface area contributed by atoms with E-state index >= 15 is 0 Å². The summed E-state index contributed by atoms with van der Waals surface area (Å²) in [6.45, 7) is 10.5. The van der Waals surface area contributed by atoms with Crippen molar-refractivity contribution in [3.63, 3.8) is 0 Å². The quantitative estimate of drug-likeness (QED) is 0.499. The number of ether oxygens (including phenoxy) is 2. The molecule has 144 valence electrons. The van der Waals surface area contributed by atoms with Crippen LogP contribution in [0, 0.1) is 6.92 Å². The Morgan fingerprint density at radius 1 is 1.35 bits per heavy atom. The number of aryl methyl sites for hydroxylation is 1. The predicted molar refractivity (Wildman–Crippen MR) is 103 cm³/mol. The molecular weight excluding hydrogens is 332 g/mol. The van der Waals surface area contributed by atoms with E-state index in [1.165, 1.54) is 0 Å². The smallest absolute Gasteiger partial charge is 0.163 e. The highest BCUT2D eigenvalue weighted by atomic mass is 16.7. The molecule has 2 N–H and O–H groups in total. The van der Waals surface area contributed by atoms with Gasteiger partial charge in [-0.1, -0.05) is 6.08 Å². The molecule has 0 fully saturated rings. The number of fused-ring (bicyclic) bond motifs is 1. The lowest BCUT2D eigenvalue weighted by Gasteiger charge is -2.25. The van der Waals surface area contributed by atoms with Gasteiger partial charge in [-0.3, -0.25) is 10.1 Å². The molecule has 0 saturated carbocycles. The highest BCUT2D eigenvalue weighted by Crippen LogP contribution is 2.22. The number of aromatic nitrogens is 3. The third-order valence-corrected chi connectivity index (χ3v) is 4.25. The van der Waals surface area contributed by atoms with Crippen molar-refractivity contribution in [3.8, 4) is 0 Å². The van der Waals surface area contributed by atoms with E-state index in [1.54, 1.807) is 7.11 Å². The second-order valence-electron chi connectivity index (χ2n) is 6.28. The number of pyridine rings is 1. The Labute approximate surface area is 155 Å². The van der Waals surface area contributed by atoms with Crippen molar-refractivity contribution in [2.45, 2.75) is 59.5 Å². The van der Waals surface area contributed by atoms with Gasteiger partial charge in [0.1, 0.15) is 5.52 Å². The molecule has 7 nitrogen and oxygen atoms in total. The summed E-state index contributed by atoms with van der Waals surface area (Å²) in [7, 11) is 1.65. The first-order valence-corrected chi connectivity index (χ1v) is 9.02. The summed E-state index contributed by atoms with van der Waals surface area (Å²) in [6, 6.07) is 2.09. The molecule has 2 rings (SSSR count). The fourth-order valence-corrected chi connectivity index (χ4v) is 2.68. The monoisotopic (exact) mass is 362 g/mol. The van der Waals surface area contributed by atoms with Gasteiger partial charge in [-0.2, -0.15) is 10.6 Å². The first-order valence-electron chi connectivity index (χ1n) is 9.02. The van der Waals surface area contributed by atoms with Crippen molar-refractivity contribution in [2.75, 3.05) is 13.7 Å². The lowest BCUT2D eigenvalue weighted by molar-refractivity contribution is -0.165. The number of rotatable bonds is 10. The Kier molecular flexibility index (Phi) is 7.71. The van der Waals surface area contributed by atoms with Gasteiger partial charge >= 0.3 is 0 Å². The zero-order valence-electron chi connectivity index (χ0n) is 16.5. The molecule has 0 aromatic carbocycles. The highest BCUT2D eigenvalue weighted by molar-refractivity contribution is 5.88. The van der Waals surface area contributed by atoms with Gasteiger partial charge in [-0.25, -0.2) is 0 Å². The number of methoxy groups -OCH3 is 1. The maximum atomic E-state index is 6.03. The second kappa shape index (κ2) is 9.78. The first kappa shape index (κ1) is 20.5. The topological polar surface area (TPSA) is 81.3 Å². The minimum atomic E-state index is -0.391. The summed E-state index contributed by atoms with van der Waals surface area (Å²) in [5.41, 5.74) is 6.62. The van der Waals surface area contributed by atoms with E-state index in [-0.39, 0.29) is 12.1 Å². The van der Waals surface area contributed by atoms with E-state index in [9.17, 15) is 0 Å². The zero-order valence-corrected chi connectivity index (χ0v) is 16.5. The number of nitrogens with zero attached hydrogens (tertiary/aromatic N) is 2. The molecule has 2 aromatic heterocycles. The van der Waals surface area contributed by atoms with Gasteiger partial charge < -0.3 is 14.3 Å². The van der Waals surface area contributed by atoms with E-state index in [4.69, 9.17) is 14.3 Å².